The molecule has 5 heteroatoms. The van der Waals surface area contributed by atoms with E-state index >= 15 is 0 Å². The van der Waals surface area contributed by atoms with Crippen molar-refractivity contribution in [2.75, 3.05) is 20.2 Å². The van der Waals surface area contributed by atoms with Crippen LogP contribution in [0.25, 0.3) is 0 Å². The second-order valence-corrected chi connectivity index (χ2v) is 4.50. The minimum Gasteiger partial charge on any atom is -0.497 e. The van der Waals surface area contributed by atoms with Gasteiger partial charge in [0.2, 0.25) is 0 Å². The Labute approximate surface area is 112 Å². The molecule has 19 heavy (non-hydrogen) atoms. The Hall–Kier alpha value is -1.85. The molecule has 0 saturated carbocycles. The standard InChI is InChI=1S/C14H18N2O3/c1-19-13-4-2-11(3-5-13)10-16-8-6-12(7-9-16)14(17)15-18/h2-6,18H,7-10H2,1H3,(H,15,17). The molecule has 0 saturated heterocycles. The van der Waals surface area contributed by atoms with Crippen LogP contribution in [0.4, 0.5) is 0 Å². The maximum atomic E-state index is 11.2. The Morgan fingerprint density at radius 1 is 1.42 bits per heavy atom. The predicted molar refractivity (Wildman–Crippen MR) is 70.9 cm³/mol. The van der Waals surface area contributed by atoms with E-state index in [1.54, 1.807) is 12.6 Å². The number of nitrogens with one attached hydrogen (secondary N) is 1. The highest BCUT2D eigenvalue weighted by Gasteiger charge is 2.16. The number of amides is 1. The lowest BCUT2D eigenvalue weighted by Gasteiger charge is -2.25. The number of nitrogens with zero attached hydrogens (tertiary/aromatic N) is 1. The highest BCUT2D eigenvalue weighted by Crippen LogP contribution is 2.16. The summed E-state index contributed by atoms with van der Waals surface area (Å²) < 4.78 is 5.12. The summed E-state index contributed by atoms with van der Waals surface area (Å²) in [6.07, 6.45) is 2.52. The van der Waals surface area contributed by atoms with Crippen molar-refractivity contribution in [1.29, 1.82) is 0 Å². The van der Waals surface area contributed by atoms with Gasteiger partial charge in [0.25, 0.3) is 5.91 Å². The smallest absolute Gasteiger partial charge is 0.270 e. The molecule has 0 radical (unpaired) electrons. The van der Waals surface area contributed by atoms with Crippen molar-refractivity contribution in [2.45, 2.75) is 13.0 Å². The van der Waals surface area contributed by atoms with Crippen LogP contribution in [0.2, 0.25) is 0 Å². The summed E-state index contributed by atoms with van der Waals surface area (Å²) in [6, 6.07) is 7.97. The van der Waals surface area contributed by atoms with Gasteiger partial charge in [-0.25, -0.2) is 5.48 Å². The Morgan fingerprint density at radius 3 is 2.68 bits per heavy atom. The lowest BCUT2D eigenvalue weighted by Crippen LogP contribution is -2.32. The van der Waals surface area contributed by atoms with E-state index in [2.05, 4.69) is 4.90 Å². The van der Waals surface area contributed by atoms with Crippen molar-refractivity contribution in [2.24, 2.45) is 0 Å². The number of methoxy groups -OCH3 is 1. The Bertz CT molecular complexity index is 468. The first-order valence-corrected chi connectivity index (χ1v) is 6.21. The fourth-order valence-electron chi connectivity index (χ4n) is 2.12. The first-order chi connectivity index (χ1) is 9.22. The maximum Gasteiger partial charge on any atom is 0.270 e. The number of hydrogen-bond acceptors (Lipinski definition) is 4. The number of rotatable bonds is 4. The number of benzene rings is 1. The average molecular weight is 262 g/mol. The molecule has 1 aliphatic rings. The van der Waals surface area contributed by atoms with Crippen molar-refractivity contribution in [3.05, 3.63) is 41.5 Å². The van der Waals surface area contributed by atoms with E-state index in [0.29, 0.717) is 12.0 Å². The van der Waals surface area contributed by atoms with Gasteiger partial charge in [-0.1, -0.05) is 18.2 Å². The quantitative estimate of drug-likeness (QED) is 0.635. The SMILES string of the molecule is COc1ccc(CN2CC=C(C(=O)NO)CC2)cc1. The molecule has 0 aliphatic carbocycles. The van der Waals surface area contributed by atoms with Crippen LogP contribution in [-0.4, -0.2) is 36.2 Å². The minimum atomic E-state index is -0.399. The first kappa shape index (κ1) is 13.6. The number of hydrogen-bond donors (Lipinski definition) is 2. The van der Waals surface area contributed by atoms with E-state index in [1.807, 2.05) is 30.3 Å². The normalized spacial score (nSPS) is 15.8. The summed E-state index contributed by atoms with van der Waals surface area (Å²) >= 11 is 0. The minimum absolute atomic E-state index is 0.399. The van der Waals surface area contributed by atoms with Crippen LogP contribution in [0.3, 0.4) is 0 Å². The fraction of sp³-hybridized carbons (Fsp3) is 0.357. The van der Waals surface area contributed by atoms with Gasteiger partial charge in [0.1, 0.15) is 5.75 Å². The topological polar surface area (TPSA) is 61.8 Å². The third-order valence-corrected chi connectivity index (χ3v) is 3.25. The molecule has 102 valence electrons. The Morgan fingerprint density at radius 2 is 2.16 bits per heavy atom. The fourth-order valence-corrected chi connectivity index (χ4v) is 2.12. The molecule has 0 atom stereocenters. The summed E-state index contributed by atoms with van der Waals surface area (Å²) in [6.45, 7) is 2.37. The Balaban J connectivity index is 1.91. The average Bonchev–Trinajstić information content (AvgIpc) is 2.48. The van der Waals surface area contributed by atoms with Crippen molar-refractivity contribution in [3.8, 4) is 5.75 Å². The highest BCUT2D eigenvalue weighted by molar-refractivity contribution is 5.92. The molecule has 1 aliphatic heterocycles. The molecule has 5 nitrogen and oxygen atoms in total. The molecular weight excluding hydrogens is 244 g/mol. The first-order valence-electron chi connectivity index (χ1n) is 6.21. The number of hydroxylamine groups is 1. The number of ether oxygens (including phenoxy) is 1. The van der Waals surface area contributed by atoms with Crippen molar-refractivity contribution >= 4 is 5.91 Å². The third-order valence-electron chi connectivity index (χ3n) is 3.25. The van der Waals surface area contributed by atoms with Crippen LogP contribution < -0.4 is 10.2 Å². The monoisotopic (exact) mass is 262 g/mol. The van der Waals surface area contributed by atoms with Gasteiger partial charge in [0.15, 0.2) is 0 Å². The summed E-state index contributed by atoms with van der Waals surface area (Å²) in [5.41, 5.74) is 3.53. The van der Waals surface area contributed by atoms with Crippen molar-refractivity contribution in [3.63, 3.8) is 0 Å². The number of carbonyl (C=O) groups excluding carboxylic acids is 1. The van der Waals surface area contributed by atoms with Crippen LogP contribution in [-0.2, 0) is 11.3 Å². The summed E-state index contributed by atoms with van der Waals surface area (Å²) in [5, 5.41) is 8.57. The predicted octanol–water partition coefficient (Wildman–Crippen LogP) is 1.33. The molecule has 1 aromatic rings. The van der Waals surface area contributed by atoms with Gasteiger partial charge >= 0.3 is 0 Å². The molecular formula is C14H18N2O3. The van der Waals surface area contributed by atoms with Crippen LogP contribution in [0.5, 0.6) is 5.75 Å². The molecule has 1 amide bonds. The maximum absolute atomic E-state index is 11.2. The second-order valence-electron chi connectivity index (χ2n) is 4.50. The zero-order valence-corrected chi connectivity index (χ0v) is 10.9. The highest BCUT2D eigenvalue weighted by atomic mass is 16.5. The molecule has 0 aromatic heterocycles. The molecule has 2 rings (SSSR count). The molecule has 0 spiro atoms. The zero-order chi connectivity index (χ0) is 13.7. The van der Waals surface area contributed by atoms with Crippen LogP contribution in [0.1, 0.15) is 12.0 Å². The summed E-state index contributed by atoms with van der Waals surface area (Å²) in [5.74, 6) is 0.452. The van der Waals surface area contributed by atoms with Crippen LogP contribution in [0, 0.1) is 0 Å². The third kappa shape index (κ3) is 3.56. The lowest BCUT2D eigenvalue weighted by molar-refractivity contribution is -0.125. The van der Waals surface area contributed by atoms with Gasteiger partial charge in [0, 0.05) is 25.2 Å². The summed E-state index contributed by atoms with van der Waals surface area (Å²) in [7, 11) is 1.65. The van der Waals surface area contributed by atoms with Crippen molar-refractivity contribution < 1.29 is 14.7 Å². The van der Waals surface area contributed by atoms with E-state index in [9.17, 15) is 4.79 Å². The van der Waals surface area contributed by atoms with Gasteiger partial charge in [-0.05, 0) is 24.1 Å². The van der Waals surface area contributed by atoms with Gasteiger partial charge in [-0.15, -0.1) is 0 Å². The van der Waals surface area contributed by atoms with E-state index < -0.39 is 5.91 Å². The van der Waals surface area contributed by atoms with E-state index in [1.165, 1.54) is 5.56 Å². The van der Waals surface area contributed by atoms with Gasteiger partial charge in [-0.3, -0.25) is 14.9 Å². The summed E-state index contributed by atoms with van der Waals surface area (Å²) in [4.78, 5) is 13.5. The molecule has 0 fully saturated rings. The van der Waals surface area contributed by atoms with Crippen molar-refractivity contribution in [1.82, 2.24) is 10.4 Å². The van der Waals surface area contributed by atoms with Gasteiger partial charge < -0.3 is 4.74 Å². The van der Waals surface area contributed by atoms with E-state index in [4.69, 9.17) is 9.94 Å². The molecule has 0 unspecified atom stereocenters. The second kappa shape index (κ2) is 6.36. The van der Waals surface area contributed by atoms with E-state index in [-0.39, 0.29) is 0 Å². The van der Waals surface area contributed by atoms with Crippen LogP contribution in [0.15, 0.2) is 35.9 Å². The molecule has 0 bridgehead atoms. The lowest BCUT2D eigenvalue weighted by atomic mass is 10.1. The Kier molecular flexibility index (Phi) is 4.54. The molecule has 2 N–H and O–H groups in total. The van der Waals surface area contributed by atoms with Gasteiger partial charge in [0.05, 0.1) is 7.11 Å². The molecule has 1 heterocycles. The van der Waals surface area contributed by atoms with Gasteiger partial charge in [-0.2, -0.15) is 0 Å². The number of carbonyl (C=O) groups is 1. The zero-order valence-electron chi connectivity index (χ0n) is 10.9. The van der Waals surface area contributed by atoms with Crippen LogP contribution >= 0.6 is 0 Å². The molecule has 1 aromatic carbocycles. The van der Waals surface area contributed by atoms with E-state index in [0.717, 1.165) is 25.4 Å². The largest absolute Gasteiger partial charge is 0.497 e.